The molecule has 5 heteroatoms. The van der Waals surface area contributed by atoms with Crippen molar-refractivity contribution in [2.24, 2.45) is 29.6 Å². The average Bonchev–Trinajstić information content (AvgIpc) is 2.69. The first-order chi connectivity index (χ1) is 13.7. The number of hydrogen-bond acceptors (Lipinski definition) is 3. The van der Waals surface area contributed by atoms with Gasteiger partial charge in [-0.2, -0.15) is 0 Å². The zero-order valence-corrected chi connectivity index (χ0v) is 17.7. The van der Waals surface area contributed by atoms with E-state index in [2.05, 4.69) is 11.4 Å². The Morgan fingerprint density at radius 3 is 2.50 bits per heavy atom. The van der Waals surface area contributed by atoms with Crippen LogP contribution < -0.4 is 5.32 Å². The number of hydrogen-bond donors (Lipinski definition) is 1. The monoisotopic (exact) mass is 402 g/mol. The number of thioether (sulfide) groups is 1. The van der Waals surface area contributed by atoms with Gasteiger partial charge in [-0.25, -0.2) is 0 Å². The number of nitrogens with zero attached hydrogens (tertiary/aromatic N) is 1. The molecule has 1 aliphatic heterocycles. The van der Waals surface area contributed by atoms with E-state index in [0.717, 1.165) is 43.1 Å². The van der Waals surface area contributed by atoms with E-state index in [-0.39, 0.29) is 11.1 Å². The molecule has 6 aliphatic rings. The van der Waals surface area contributed by atoms with Gasteiger partial charge < -0.3 is 10.2 Å². The number of carbonyl (C=O) groups is 2. The van der Waals surface area contributed by atoms with Crippen LogP contribution in [0, 0.1) is 29.6 Å². The molecule has 2 amide bonds. The molecule has 5 fully saturated rings. The Hall–Kier alpha value is -0.970. The molecule has 154 valence electrons. The predicted octanol–water partition coefficient (Wildman–Crippen LogP) is 4.95. The van der Waals surface area contributed by atoms with Crippen LogP contribution in [0.3, 0.4) is 0 Å². The molecular formula is C23H34N2O2S. The van der Waals surface area contributed by atoms with Gasteiger partial charge in [0, 0.05) is 30.5 Å². The van der Waals surface area contributed by atoms with Gasteiger partial charge in [0.05, 0.1) is 0 Å². The largest absolute Gasteiger partial charge is 0.353 e. The summed E-state index contributed by atoms with van der Waals surface area (Å²) in [6.45, 7) is 0.855. The molecule has 0 aromatic carbocycles. The minimum atomic E-state index is 0.153. The van der Waals surface area contributed by atoms with Crippen molar-refractivity contribution >= 4 is 22.9 Å². The topological polar surface area (TPSA) is 49.4 Å². The molecule has 0 spiro atoms. The highest BCUT2D eigenvalue weighted by molar-refractivity contribution is 8.13. The Morgan fingerprint density at radius 2 is 1.75 bits per heavy atom. The summed E-state index contributed by atoms with van der Waals surface area (Å²) >= 11 is 1.34. The highest BCUT2D eigenvalue weighted by Crippen LogP contribution is 2.53. The second-order valence-corrected chi connectivity index (χ2v) is 11.0. The Balaban J connectivity index is 1.09. The zero-order valence-electron chi connectivity index (χ0n) is 16.9. The second-order valence-electron chi connectivity index (χ2n) is 9.94. The fourth-order valence-corrected chi connectivity index (χ4v) is 7.92. The van der Waals surface area contributed by atoms with Gasteiger partial charge in [0.25, 0.3) is 5.24 Å². The Bertz CT molecular complexity index is 633. The van der Waals surface area contributed by atoms with E-state index in [9.17, 15) is 9.59 Å². The number of likely N-dealkylation sites (tertiary alicyclic amines) is 1. The molecular weight excluding hydrogens is 368 g/mol. The molecule has 0 radical (unpaired) electrons. The first kappa shape index (κ1) is 19.0. The van der Waals surface area contributed by atoms with Gasteiger partial charge in [-0.1, -0.05) is 17.8 Å². The molecule has 4 nitrogen and oxygen atoms in total. The molecule has 0 aromatic rings. The van der Waals surface area contributed by atoms with Crippen LogP contribution >= 0.6 is 11.8 Å². The summed E-state index contributed by atoms with van der Waals surface area (Å²) in [5, 5.41) is 3.53. The second kappa shape index (κ2) is 8.04. The van der Waals surface area contributed by atoms with Crippen LogP contribution in [0.2, 0.25) is 0 Å². The number of amides is 2. The molecule has 5 aliphatic carbocycles. The van der Waals surface area contributed by atoms with Gasteiger partial charge in [-0.05, 0) is 93.8 Å². The minimum Gasteiger partial charge on any atom is -0.353 e. The van der Waals surface area contributed by atoms with Crippen LogP contribution in [-0.4, -0.2) is 34.4 Å². The van der Waals surface area contributed by atoms with Crippen molar-refractivity contribution in [3.63, 3.8) is 0 Å². The predicted molar refractivity (Wildman–Crippen MR) is 113 cm³/mol. The molecule has 6 rings (SSSR count). The van der Waals surface area contributed by atoms with Crippen LogP contribution in [0.1, 0.15) is 70.6 Å². The van der Waals surface area contributed by atoms with Crippen molar-refractivity contribution in [2.75, 3.05) is 12.3 Å². The Labute approximate surface area is 173 Å². The third-order valence-electron chi connectivity index (χ3n) is 8.10. The lowest BCUT2D eigenvalue weighted by Crippen LogP contribution is -2.55. The first-order valence-electron chi connectivity index (χ1n) is 11.6. The summed E-state index contributed by atoms with van der Waals surface area (Å²) in [4.78, 5) is 27.3. The normalized spacial score (nSPS) is 38.7. The van der Waals surface area contributed by atoms with Gasteiger partial charge in [-0.3, -0.25) is 9.59 Å². The highest BCUT2D eigenvalue weighted by atomic mass is 32.2. The van der Waals surface area contributed by atoms with Crippen LogP contribution in [-0.2, 0) is 4.79 Å². The third kappa shape index (κ3) is 3.76. The lowest BCUT2D eigenvalue weighted by molar-refractivity contribution is -0.124. The van der Waals surface area contributed by atoms with E-state index in [1.807, 2.05) is 4.90 Å². The van der Waals surface area contributed by atoms with Crippen molar-refractivity contribution < 1.29 is 9.59 Å². The van der Waals surface area contributed by atoms with E-state index in [0.29, 0.717) is 24.1 Å². The van der Waals surface area contributed by atoms with E-state index < -0.39 is 0 Å². The number of rotatable bonds is 4. The van der Waals surface area contributed by atoms with Crippen LogP contribution in [0.15, 0.2) is 11.8 Å². The lowest BCUT2D eigenvalue weighted by Gasteiger charge is -2.54. The van der Waals surface area contributed by atoms with Gasteiger partial charge in [0.2, 0.25) is 5.91 Å². The van der Waals surface area contributed by atoms with Crippen LogP contribution in [0.25, 0.3) is 0 Å². The summed E-state index contributed by atoms with van der Waals surface area (Å²) in [7, 11) is 0. The molecule has 1 N–H and O–H groups in total. The first-order valence-corrected chi connectivity index (χ1v) is 12.6. The quantitative estimate of drug-likeness (QED) is 0.724. The number of fused-ring (bicyclic) bond motifs is 1. The van der Waals surface area contributed by atoms with Crippen molar-refractivity contribution in [2.45, 2.75) is 76.7 Å². The zero-order chi connectivity index (χ0) is 19.1. The standard InChI is InChI=1S/C23H34N2O2S/c26-21(24-22-18-11-15-10-16(13-18)14-19(22)12-15)7-9-28-23(27)25-8-3-5-17-4-1-2-6-20(17)25/h6,15-19,22H,1-5,7-14H2,(H,24,26). The maximum Gasteiger partial charge on any atom is 0.285 e. The van der Waals surface area contributed by atoms with E-state index in [1.165, 1.54) is 68.8 Å². The smallest absolute Gasteiger partial charge is 0.285 e. The van der Waals surface area contributed by atoms with Crippen molar-refractivity contribution in [1.29, 1.82) is 0 Å². The summed E-state index contributed by atoms with van der Waals surface area (Å²) in [6, 6.07) is 0.413. The number of allylic oxidation sites excluding steroid dienone is 2. The van der Waals surface area contributed by atoms with Crippen molar-refractivity contribution in [3.8, 4) is 0 Å². The molecule has 28 heavy (non-hydrogen) atoms. The van der Waals surface area contributed by atoms with E-state index >= 15 is 0 Å². The summed E-state index contributed by atoms with van der Waals surface area (Å²) < 4.78 is 0. The maximum atomic E-state index is 12.7. The molecule has 1 saturated heterocycles. The highest BCUT2D eigenvalue weighted by Gasteiger charge is 2.48. The summed E-state index contributed by atoms with van der Waals surface area (Å²) in [5.74, 6) is 4.67. The van der Waals surface area contributed by atoms with Crippen molar-refractivity contribution in [3.05, 3.63) is 11.8 Å². The third-order valence-corrected chi connectivity index (χ3v) is 8.98. The molecule has 4 saturated carbocycles. The molecule has 0 aromatic heterocycles. The number of piperidine rings is 1. The number of carbonyl (C=O) groups excluding carboxylic acids is 2. The van der Waals surface area contributed by atoms with Gasteiger partial charge in [0.1, 0.15) is 0 Å². The van der Waals surface area contributed by atoms with E-state index in [1.54, 1.807) is 0 Å². The van der Waals surface area contributed by atoms with Crippen LogP contribution in [0.5, 0.6) is 0 Å². The molecule has 4 bridgehead atoms. The molecule has 1 unspecified atom stereocenters. The Kier molecular flexibility index (Phi) is 5.46. The van der Waals surface area contributed by atoms with Gasteiger partial charge >= 0.3 is 0 Å². The fourth-order valence-electron chi connectivity index (χ4n) is 7.10. The van der Waals surface area contributed by atoms with Crippen LogP contribution in [0.4, 0.5) is 4.79 Å². The maximum absolute atomic E-state index is 12.7. The number of nitrogens with one attached hydrogen (secondary N) is 1. The Morgan fingerprint density at radius 1 is 1.04 bits per heavy atom. The molecule has 1 heterocycles. The van der Waals surface area contributed by atoms with Gasteiger partial charge in [-0.15, -0.1) is 0 Å². The summed E-state index contributed by atoms with van der Waals surface area (Å²) in [6.07, 6.45) is 15.5. The lowest BCUT2D eigenvalue weighted by atomic mass is 9.54. The van der Waals surface area contributed by atoms with E-state index in [4.69, 9.17) is 0 Å². The van der Waals surface area contributed by atoms with Gasteiger partial charge in [0.15, 0.2) is 0 Å². The average molecular weight is 403 g/mol. The SMILES string of the molecule is O=C(CCSC(=O)N1CCCC2CCCC=C21)NC1C2CC3CC(C2)CC1C3. The fraction of sp³-hybridized carbons (Fsp3) is 0.826. The van der Waals surface area contributed by atoms with Crippen molar-refractivity contribution in [1.82, 2.24) is 10.2 Å². The molecule has 1 atom stereocenters. The minimum absolute atomic E-state index is 0.153. The summed E-state index contributed by atoms with van der Waals surface area (Å²) in [5.41, 5.74) is 1.27.